The number of carboxylic acids is 1. The Morgan fingerprint density at radius 2 is 1.62 bits per heavy atom. The molecule has 0 radical (unpaired) electrons. The van der Waals surface area contributed by atoms with Crippen LogP contribution < -0.4 is 10.6 Å². The predicted molar refractivity (Wildman–Crippen MR) is 151 cm³/mol. The molecule has 2 aromatic carbocycles. The average molecular weight is 542 g/mol. The second kappa shape index (κ2) is 11.2. The number of amides is 2. The number of alkyl carbamates (subject to hydrolysis) is 1. The maximum Gasteiger partial charge on any atom is 0.412 e. The smallest absolute Gasteiger partial charge is 0.412 e. The largest absolute Gasteiger partial charge is 0.481 e. The molecule has 0 aliphatic heterocycles. The molecule has 0 saturated heterocycles. The first-order valence-corrected chi connectivity index (χ1v) is 14.2. The Balaban J connectivity index is 1.23. The van der Waals surface area contributed by atoms with Crippen molar-refractivity contribution in [3.8, 4) is 0 Å². The van der Waals surface area contributed by atoms with Crippen molar-refractivity contribution in [1.82, 2.24) is 15.6 Å². The van der Waals surface area contributed by atoms with Gasteiger partial charge < -0.3 is 20.1 Å². The van der Waals surface area contributed by atoms with E-state index >= 15 is 0 Å². The lowest BCUT2D eigenvalue weighted by molar-refractivity contribution is -0.137. The van der Waals surface area contributed by atoms with Gasteiger partial charge in [-0.3, -0.25) is 14.9 Å². The molecule has 3 aromatic rings. The van der Waals surface area contributed by atoms with E-state index in [0.717, 1.165) is 59.5 Å². The van der Waals surface area contributed by atoms with Gasteiger partial charge in [0.15, 0.2) is 0 Å². The van der Waals surface area contributed by atoms with E-state index in [1.165, 1.54) is 6.42 Å². The van der Waals surface area contributed by atoms with E-state index < -0.39 is 24.0 Å². The van der Waals surface area contributed by atoms with Crippen molar-refractivity contribution in [3.05, 3.63) is 77.6 Å². The third kappa shape index (κ3) is 5.76. The molecule has 1 aromatic heterocycles. The number of benzene rings is 2. The summed E-state index contributed by atoms with van der Waals surface area (Å²) in [6, 6.07) is 16.4. The van der Waals surface area contributed by atoms with Crippen molar-refractivity contribution in [1.29, 1.82) is 0 Å². The molecule has 8 nitrogen and oxygen atoms in total. The second-order valence-electron chi connectivity index (χ2n) is 11.7. The van der Waals surface area contributed by atoms with Gasteiger partial charge in [-0.25, -0.2) is 4.79 Å². The van der Waals surface area contributed by atoms with E-state index in [9.17, 15) is 19.5 Å². The lowest BCUT2D eigenvalue weighted by Crippen LogP contribution is -2.51. The lowest BCUT2D eigenvalue weighted by atomic mass is 9.55. The first-order chi connectivity index (χ1) is 19.4. The van der Waals surface area contributed by atoms with Crippen LogP contribution in [0.2, 0.25) is 0 Å². The molecule has 0 spiro atoms. The molecule has 2 amide bonds. The normalized spacial score (nSPS) is 25.9. The van der Waals surface area contributed by atoms with Crippen molar-refractivity contribution < 1.29 is 24.2 Å². The van der Waals surface area contributed by atoms with Crippen LogP contribution in [0.5, 0.6) is 0 Å². The SMILES string of the molecule is O=C(O)C[C@H](Cc1ccccc1)NC(=O)/C(=C/c1c[nH]c2ccccc12)NC(=O)OC1C2CC3CC(C2)CC1C3. The van der Waals surface area contributed by atoms with Crippen LogP contribution in [0.1, 0.15) is 49.7 Å². The quantitative estimate of drug-likeness (QED) is 0.275. The molecule has 0 unspecified atom stereocenters. The molecule has 1 heterocycles. The summed E-state index contributed by atoms with van der Waals surface area (Å²) in [5, 5.41) is 16.0. The highest BCUT2D eigenvalue weighted by atomic mass is 16.6. The number of carbonyl (C=O) groups is 3. The maximum atomic E-state index is 13.6. The molecule has 40 heavy (non-hydrogen) atoms. The van der Waals surface area contributed by atoms with Gasteiger partial charge in [-0.15, -0.1) is 0 Å². The van der Waals surface area contributed by atoms with Crippen LogP contribution in [0, 0.1) is 23.7 Å². The van der Waals surface area contributed by atoms with E-state index in [0.29, 0.717) is 18.3 Å². The number of aromatic nitrogens is 1. The topological polar surface area (TPSA) is 121 Å². The highest BCUT2D eigenvalue weighted by Gasteiger charge is 2.50. The van der Waals surface area contributed by atoms with Gasteiger partial charge in [-0.2, -0.15) is 0 Å². The number of rotatable bonds is 9. The molecule has 7 rings (SSSR count). The summed E-state index contributed by atoms with van der Waals surface area (Å²) in [5.74, 6) is 0.714. The van der Waals surface area contributed by atoms with E-state index in [2.05, 4.69) is 15.6 Å². The highest BCUT2D eigenvalue weighted by molar-refractivity contribution is 6.03. The highest BCUT2D eigenvalue weighted by Crippen LogP contribution is 2.54. The molecule has 4 fully saturated rings. The fourth-order valence-corrected chi connectivity index (χ4v) is 7.40. The molecule has 4 N–H and O–H groups in total. The van der Waals surface area contributed by atoms with Gasteiger partial charge in [0.25, 0.3) is 5.91 Å². The third-order valence-corrected chi connectivity index (χ3v) is 8.87. The molecule has 8 heteroatoms. The van der Waals surface area contributed by atoms with Crippen LogP contribution in [0.15, 0.2) is 66.5 Å². The predicted octanol–water partition coefficient (Wildman–Crippen LogP) is 5.26. The van der Waals surface area contributed by atoms with Gasteiger partial charge in [-0.1, -0.05) is 48.5 Å². The number of fused-ring (bicyclic) bond motifs is 1. The van der Waals surface area contributed by atoms with Crippen molar-refractivity contribution in [2.24, 2.45) is 23.7 Å². The van der Waals surface area contributed by atoms with Gasteiger partial charge >= 0.3 is 12.1 Å². The zero-order chi connectivity index (χ0) is 27.6. The van der Waals surface area contributed by atoms with Crippen molar-refractivity contribution in [2.75, 3.05) is 0 Å². The molecule has 4 aliphatic rings. The number of aliphatic carboxylic acids is 1. The summed E-state index contributed by atoms with van der Waals surface area (Å²) in [5.41, 5.74) is 2.55. The average Bonchev–Trinajstić information content (AvgIpc) is 3.33. The molecular weight excluding hydrogens is 506 g/mol. The molecular formula is C32H35N3O5. The summed E-state index contributed by atoms with van der Waals surface area (Å²) in [7, 11) is 0. The summed E-state index contributed by atoms with van der Waals surface area (Å²) in [6.07, 6.45) is 8.48. The van der Waals surface area contributed by atoms with Crippen LogP contribution in [0.3, 0.4) is 0 Å². The Hall–Kier alpha value is -4.07. The van der Waals surface area contributed by atoms with Crippen LogP contribution in [0.4, 0.5) is 4.79 Å². The number of aromatic amines is 1. The van der Waals surface area contributed by atoms with Gasteiger partial charge in [0.1, 0.15) is 11.8 Å². The molecule has 4 saturated carbocycles. The Kier molecular flexibility index (Phi) is 7.32. The van der Waals surface area contributed by atoms with Crippen molar-refractivity contribution in [2.45, 2.75) is 57.1 Å². The maximum absolute atomic E-state index is 13.6. The van der Waals surface area contributed by atoms with Gasteiger partial charge in [0, 0.05) is 28.7 Å². The number of carboxylic acid groups (broad SMARTS) is 1. The van der Waals surface area contributed by atoms with Gasteiger partial charge in [-0.05, 0) is 79.9 Å². The first kappa shape index (κ1) is 26.2. The lowest BCUT2D eigenvalue weighted by Gasteiger charge is -2.53. The zero-order valence-electron chi connectivity index (χ0n) is 22.3. The van der Waals surface area contributed by atoms with Crippen molar-refractivity contribution in [3.63, 3.8) is 0 Å². The molecule has 1 atom stereocenters. The number of hydrogen-bond acceptors (Lipinski definition) is 4. The molecule has 4 aliphatic carbocycles. The minimum atomic E-state index is -1.02. The standard InChI is InChI=1S/C32H35N3O5/c36-29(37)17-25(15-19-6-2-1-3-7-19)34-31(38)28(16-24-18-33-27-9-5-4-8-26(24)27)35-32(39)40-30-22-11-20-10-21(13-22)14-23(30)12-20/h1-9,16,18,20-23,25,30,33H,10-15,17H2,(H,34,38)(H,35,39)(H,36,37)/b28-16-/t20?,21?,22?,23?,25-,30?/m0/s1. The van der Waals surface area contributed by atoms with E-state index in [4.69, 9.17) is 4.74 Å². The summed E-state index contributed by atoms with van der Waals surface area (Å²) < 4.78 is 6.01. The number of nitrogens with one attached hydrogen (secondary N) is 3. The Bertz CT molecular complexity index is 1400. The Labute approximate surface area is 233 Å². The summed E-state index contributed by atoms with van der Waals surface area (Å²) in [6.45, 7) is 0. The van der Waals surface area contributed by atoms with Crippen LogP contribution in [-0.4, -0.2) is 40.2 Å². The number of H-pyrrole nitrogens is 1. The van der Waals surface area contributed by atoms with E-state index in [1.807, 2.05) is 54.6 Å². The van der Waals surface area contributed by atoms with E-state index in [1.54, 1.807) is 12.3 Å². The second-order valence-corrected chi connectivity index (χ2v) is 11.7. The van der Waals surface area contributed by atoms with Crippen LogP contribution >= 0.6 is 0 Å². The minimum Gasteiger partial charge on any atom is -0.481 e. The third-order valence-electron chi connectivity index (χ3n) is 8.87. The number of hydrogen-bond donors (Lipinski definition) is 4. The number of carbonyl (C=O) groups excluding carboxylic acids is 2. The Morgan fingerprint density at radius 3 is 2.33 bits per heavy atom. The van der Waals surface area contributed by atoms with Crippen LogP contribution in [0.25, 0.3) is 17.0 Å². The zero-order valence-corrected chi connectivity index (χ0v) is 22.3. The van der Waals surface area contributed by atoms with Gasteiger partial charge in [0.2, 0.25) is 0 Å². The van der Waals surface area contributed by atoms with E-state index in [-0.39, 0.29) is 18.2 Å². The molecule has 208 valence electrons. The van der Waals surface area contributed by atoms with Gasteiger partial charge in [0.05, 0.1) is 6.42 Å². The monoisotopic (exact) mass is 541 g/mol. The first-order valence-electron chi connectivity index (χ1n) is 14.2. The number of ether oxygens (including phenoxy) is 1. The summed E-state index contributed by atoms with van der Waals surface area (Å²) in [4.78, 5) is 41.7. The minimum absolute atomic E-state index is 0.0158. The number of para-hydroxylation sites is 1. The fourth-order valence-electron chi connectivity index (χ4n) is 7.40. The fraction of sp³-hybridized carbons (Fsp3) is 0.406. The Morgan fingerprint density at radius 1 is 0.950 bits per heavy atom. The molecule has 4 bridgehead atoms. The van der Waals surface area contributed by atoms with Crippen molar-refractivity contribution >= 4 is 34.9 Å². The van der Waals surface area contributed by atoms with Crippen LogP contribution in [-0.2, 0) is 20.7 Å². The summed E-state index contributed by atoms with van der Waals surface area (Å²) >= 11 is 0.